The van der Waals surface area contributed by atoms with Crippen LogP contribution in [0.2, 0.25) is 0 Å². The van der Waals surface area contributed by atoms with Gasteiger partial charge in [-0.3, -0.25) is 14.2 Å². The summed E-state index contributed by atoms with van der Waals surface area (Å²) in [6.45, 7) is 11.8. The van der Waals surface area contributed by atoms with E-state index < -0.39 is 0 Å². The van der Waals surface area contributed by atoms with Crippen LogP contribution in [0.3, 0.4) is 0 Å². The zero-order valence-electron chi connectivity index (χ0n) is 16.9. The Labute approximate surface area is 156 Å². The molecule has 4 nitrogen and oxygen atoms in total. The molecule has 0 bridgehead atoms. The van der Waals surface area contributed by atoms with E-state index in [-0.39, 0.29) is 11.3 Å². The van der Waals surface area contributed by atoms with Crippen LogP contribution in [0.25, 0.3) is 0 Å². The van der Waals surface area contributed by atoms with Crippen molar-refractivity contribution < 1.29 is 4.79 Å². The topological polar surface area (TPSA) is 39.3 Å². The van der Waals surface area contributed by atoms with Crippen molar-refractivity contribution in [3.05, 3.63) is 52.6 Å². The molecule has 26 heavy (non-hydrogen) atoms. The number of rotatable bonds is 4. The van der Waals surface area contributed by atoms with Gasteiger partial charge < -0.3 is 0 Å². The lowest BCUT2D eigenvalue weighted by Crippen LogP contribution is -2.26. The van der Waals surface area contributed by atoms with Gasteiger partial charge in [-0.05, 0) is 36.3 Å². The van der Waals surface area contributed by atoms with Gasteiger partial charge in [0.05, 0.1) is 0 Å². The lowest BCUT2D eigenvalue weighted by molar-refractivity contribution is 0.0995. The summed E-state index contributed by atoms with van der Waals surface area (Å²) in [5.74, 6) is 0.864. The molecule has 1 heterocycles. The summed E-state index contributed by atoms with van der Waals surface area (Å²) in [7, 11) is 2.08. The molecule has 0 atom stereocenters. The summed E-state index contributed by atoms with van der Waals surface area (Å²) < 4.78 is 4.35. The molecule has 1 aromatic heterocycles. The van der Waals surface area contributed by atoms with Crippen LogP contribution in [0.5, 0.6) is 0 Å². The van der Waals surface area contributed by atoms with Crippen LogP contribution < -0.4 is 5.49 Å². The SMILES string of the molecule is CC(C)c1ccccc1C(=O)N=c1cc(C(C)(C)C)n(C)n1CC1CC1. The molecule has 1 aliphatic carbocycles. The molecule has 2 aromatic rings. The van der Waals surface area contributed by atoms with Gasteiger partial charge in [0.25, 0.3) is 5.91 Å². The molecule has 1 amide bonds. The number of nitrogens with zero attached hydrogens (tertiary/aromatic N) is 3. The fourth-order valence-electron chi connectivity index (χ4n) is 3.49. The molecular formula is C22H31N3O. The molecule has 1 aromatic carbocycles. The Morgan fingerprint density at radius 1 is 1.23 bits per heavy atom. The van der Waals surface area contributed by atoms with Crippen LogP contribution in [-0.4, -0.2) is 15.3 Å². The van der Waals surface area contributed by atoms with E-state index in [2.05, 4.69) is 62.1 Å². The Kier molecular flexibility index (Phi) is 4.96. The normalized spacial score (nSPS) is 15.7. The van der Waals surface area contributed by atoms with Crippen molar-refractivity contribution in [3.8, 4) is 0 Å². The standard InChI is InChI=1S/C22H31N3O/c1-15(2)17-9-7-8-10-18(17)21(26)23-20-13-19(22(3,4)5)24(6)25(20)14-16-11-12-16/h7-10,13,15-16H,11-12,14H2,1-6H3. The van der Waals surface area contributed by atoms with E-state index in [9.17, 15) is 4.79 Å². The minimum Gasteiger partial charge on any atom is -0.291 e. The molecule has 1 saturated carbocycles. The Balaban J connectivity index is 2.09. The molecule has 0 spiro atoms. The monoisotopic (exact) mass is 353 g/mol. The number of hydrogen-bond acceptors (Lipinski definition) is 1. The fraction of sp³-hybridized carbons (Fsp3) is 0.545. The third-order valence-electron chi connectivity index (χ3n) is 5.17. The highest BCUT2D eigenvalue weighted by Gasteiger charge is 2.26. The van der Waals surface area contributed by atoms with E-state index in [4.69, 9.17) is 0 Å². The molecular weight excluding hydrogens is 322 g/mol. The van der Waals surface area contributed by atoms with Crippen LogP contribution in [0, 0.1) is 5.92 Å². The van der Waals surface area contributed by atoms with Crippen molar-refractivity contribution in [2.45, 2.75) is 65.3 Å². The number of carbonyl (C=O) groups is 1. The maximum atomic E-state index is 13.0. The predicted molar refractivity (Wildman–Crippen MR) is 105 cm³/mol. The smallest absolute Gasteiger partial charge is 0.279 e. The minimum atomic E-state index is -0.148. The first-order valence-electron chi connectivity index (χ1n) is 9.63. The van der Waals surface area contributed by atoms with Crippen LogP contribution >= 0.6 is 0 Å². The highest BCUT2D eigenvalue weighted by Crippen LogP contribution is 2.31. The lowest BCUT2D eigenvalue weighted by atomic mass is 9.92. The van der Waals surface area contributed by atoms with Gasteiger partial charge in [-0.1, -0.05) is 52.8 Å². The summed E-state index contributed by atoms with van der Waals surface area (Å²) in [5.41, 5.74) is 3.74. The van der Waals surface area contributed by atoms with Crippen molar-refractivity contribution in [2.75, 3.05) is 0 Å². The van der Waals surface area contributed by atoms with Crippen LogP contribution in [0.1, 0.15) is 75.0 Å². The van der Waals surface area contributed by atoms with Crippen LogP contribution in [-0.2, 0) is 19.0 Å². The zero-order chi connectivity index (χ0) is 19.1. The Morgan fingerprint density at radius 3 is 2.46 bits per heavy atom. The number of hydrogen-bond donors (Lipinski definition) is 0. The molecule has 1 fully saturated rings. The van der Waals surface area contributed by atoms with Crippen molar-refractivity contribution in [1.29, 1.82) is 0 Å². The van der Waals surface area contributed by atoms with Gasteiger partial charge in [0, 0.05) is 36.3 Å². The predicted octanol–water partition coefficient (Wildman–Crippen LogP) is 4.40. The van der Waals surface area contributed by atoms with Crippen molar-refractivity contribution in [3.63, 3.8) is 0 Å². The van der Waals surface area contributed by atoms with E-state index in [1.165, 1.54) is 18.5 Å². The Hall–Kier alpha value is -2.10. The third-order valence-corrected chi connectivity index (χ3v) is 5.17. The van der Waals surface area contributed by atoms with Gasteiger partial charge in [0.15, 0.2) is 5.49 Å². The molecule has 0 unspecified atom stereocenters. The van der Waals surface area contributed by atoms with E-state index in [1.54, 1.807) is 0 Å². The quantitative estimate of drug-likeness (QED) is 0.803. The van der Waals surface area contributed by atoms with Crippen LogP contribution in [0.4, 0.5) is 0 Å². The number of carbonyl (C=O) groups excluding carboxylic acids is 1. The molecule has 1 aliphatic rings. The first kappa shape index (κ1) is 18.7. The third kappa shape index (κ3) is 3.84. The summed E-state index contributed by atoms with van der Waals surface area (Å²) in [6, 6.07) is 9.90. The largest absolute Gasteiger partial charge is 0.291 e. The number of amides is 1. The number of aromatic nitrogens is 2. The minimum absolute atomic E-state index is 0.00666. The highest BCUT2D eigenvalue weighted by atomic mass is 16.1. The second-order valence-electron chi connectivity index (χ2n) is 8.85. The van der Waals surface area contributed by atoms with Gasteiger partial charge in [0.2, 0.25) is 0 Å². The summed E-state index contributed by atoms with van der Waals surface area (Å²) in [5, 5.41) is 0. The van der Waals surface area contributed by atoms with E-state index in [0.717, 1.165) is 17.6 Å². The highest BCUT2D eigenvalue weighted by molar-refractivity contribution is 5.96. The zero-order valence-corrected chi connectivity index (χ0v) is 16.9. The van der Waals surface area contributed by atoms with Gasteiger partial charge in [-0.2, -0.15) is 4.99 Å². The molecule has 140 valence electrons. The maximum absolute atomic E-state index is 13.0. The van der Waals surface area contributed by atoms with E-state index in [0.29, 0.717) is 17.4 Å². The molecule has 4 heteroatoms. The first-order valence-corrected chi connectivity index (χ1v) is 9.63. The Morgan fingerprint density at radius 2 is 1.88 bits per heavy atom. The molecule has 0 N–H and O–H groups in total. The van der Waals surface area contributed by atoms with Gasteiger partial charge in [0.1, 0.15) is 0 Å². The summed E-state index contributed by atoms with van der Waals surface area (Å²) in [4.78, 5) is 17.5. The summed E-state index contributed by atoms with van der Waals surface area (Å²) in [6.07, 6.45) is 2.54. The van der Waals surface area contributed by atoms with E-state index in [1.807, 2.05) is 24.3 Å². The average Bonchev–Trinajstić information content (AvgIpc) is 3.33. The molecule has 0 aliphatic heterocycles. The van der Waals surface area contributed by atoms with Crippen molar-refractivity contribution >= 4 is 5.91 Å². The lowest BCUT2D eigenvalue weighted by Gasteiger charge is -2.20. The first-order chi connectivity index (χ1) is 12.2. The fourth-order valence-corrected chi connectivity index (χ4v) is 3.49. The number of benzene rings is 1. The molecule has 0 radical (unpaired) electrons. The van der Waals surface area contributed by atoms with Gasteiger partial charge in [-0.15, -0.1) is 0 Å². The van der Waals surface area contributed by atoms with Crippen molar-refractivity contribution in [2.24, 2.45) is 18.0 Å². The van der Waals surface area contributed by atoms with Gasteiger partial charge >= 0.3 is 0 Å². The maximum Gasteiger partial charge on any atom is 0.279 e. The van der Waals surface area contributed by atoms with E-state index >= 15 is 0 Å². The second-order valence-corrected chi connectivity index (χ2v) is 8.85. The Bertz CT molecular complexity index is 874. The second kappa shape index (κ2) is 6.90. The molecule has 0 saturated heterocycles. The van der Waals surface area contributed by atoms with Crippen LogP contribution in [0.15, 0.2) is 35.3 Å². The average molecular weight is 354 g/mol. The molecule has 3 rings (SSSR count). The van der Waals surface area contributed by atoms with Crippen molar-refractivity contribution in [1.82, 2.24) is 9.36 Å². The van der Waals surface area contributed by atoms with Gasteiger partial charge in [-0.25, -0.2) is 0 Å². The summed E-state index contributed by atoms with van der Waals surface area (Å²) >= 11 is 0.